The van der Waals surface area contributed by atoms with Crippen LogP contribution >= 0.6 is 0 Å². The Morgan fingerprint density at radius 1 is 0.938 bits per heavy atom. The van der Waals surface area contributed by atoms with Crippen molar-refractivity contribution in [3.63, 3.8) is 0 Å². The largest absolute Gasteiger partial charge is 0.479 e. The topological polar surface area (TPSA) is 93.1 Å². The van der Waals surface area contributed by atoms with E-state index in [2.05, 4.69) is 0 Å². The molecule has 0 aromatic heterocycles. The van der Waals surface area contributed by atoms with Crippen LogP contribution in [0.5, 0.6) is 0 Å². The number of carboxylic acids is 2. The zero-order chi connectivity index (χ0) is 13.1. The van der Waals surface area contributed by atoms with Gasteiger partial charge in [-0.1, -0.05) is 0 Å². The summed E-state index contributed by atoms with van der Waals surface area (Å²) in [4.78, 5) is 19.9. The van der Waals surface area contributed by atoms with Crippen LogP contribution in [0.1, 0.15) is 27.7 Å². The molecule has 0 radical (unpaired) electrons. The van der Waals surface area contributed by atoms with Crippen molar-refractivity contribution in [1.82, 2.24) is 0 Å². The lowest BCUT2D eigenvalue weighted by atomic mass is 10.4. The lowest BCUT2D eigenvalue weighted by molar-refractivity contribution is -0.149. The molecule has 2 atom stereocenters. The van der Waals surface area contributed by atoms with E-state index in [1.807, 2.05) is 0 Å². The highest BCUT2D eigenvalue weighted by molar-refractivity contribution is 5.71. The van der Waals surface area contributed by atoms with Gasteiger partial charge in [0.15, 0.2) is 12.2 Å². The lowest BCUT2D eigenvalue weighted by Gasteiger charge is -2.03. The molecule has 0 rings (SSSR count). The van der Waals surface area contributed by atoms with Gasteiger partial charge in [0.1, 0.15) is 0 Å². The molecule has 0 aliphatic heterocycles. The summed E-state index contributed by atoms with van der Waals surface area (Å²) < 4.78 is 9.41. The molecule has 0 aliphatic carbocycles. The van der Waals surface area contributed by atoms with E-state index >= 15 is 0 Å². The minimum atomic E-state index is -0.910. The fourth-order valence-corrected chi connectivity index (χ4v) is 0.643. The molecule has 0 fully saturated rings. The first-order chi connectivity index (χ1) is 7.36. The molecule has 0 aliphatic rings. The highest BCUT2D eigenvalue weighted by Crippen LogP contribution is 1.88. The maximum Gasteiger partial charge on any atom is 0.332 e. The van der Waals surface area contributed by atoms with Gasteiger partial charge in [-0.05, 0) is 27.7 Å². The first kappa shape index (κ1) is 17.3. The van der Waals surface area contributed by atoms with Crippen LogP contribution < -0.4 is 0 Å². The average Bonchev–Trinajstić information content (AvgIpc) is 2.19. The van der Waals surface area contributed by atoms with Crippen molar-refractivity contribution < 1.29 is 29.3 Å². The Morgan fingerprint density at radius 2 is 1.19 bits per heavy atom. The quantitative estimate of drug-likeness (QED) is 0.714. The van der Waals surface area contributed by atoms with Crippen LogP contribution in [0.4, 0.5) is 0 Å². The second kappa shape index (κ2) is 10.4. The van der Waals surface area contributed by atoms with Gasteiger partial charge in [0.25, 0.3) is 0 Å². The minimum Gasteiger partial charge on any atom is -0.479 e. The van der Waals surface area contributed by atoms with Gasteiger partial charge in [0.05, 0.1) is 0 Å². The highest BCUT2D eigenvalue weighted by atomic mass is 16.5. The molecule has 6 heteroatoms. The molecular formula is C10H20O6. The predicted octanol–water partition coefficient (Wildman–Crippen LogP) is 0.992. The summed E-state index contributed by atoms with van der Waals surface area (Å²) in [6.07, 6.45) is -1.33. The number of hydrogen-bond acceptors (Lipinski definition) is 4. The lowest BCUT2D eigenvalue weighted by Crippen LogP contribution is -2.19. The van der Waals surface area contributed by atoms with Gasteiger partial charge in [0, 0.05) is 13.2 Å². The van der Waals surface area contributed by atoms with Gasteiger partial charge >= 0.3 is 11.9 Å². The predicted molar refractivity (Wildman–Crippen MR) is 57.4 cm³/mol. The number of carboxylic acid groups (broad SMARTS) is 2. The molecule has 0 saturated carbocycles. The zero-order valence-electron chi connectivity index (χ0n) is 10.1. The third kappa shape index (κ3) is 10.9. The standard InChI is InChI=1S/2C5H10O3/c2*1-3-8-4(2)5(6)7/h2*4H,3H2,1-2H3,(H,6,7). The summed E-state index contributed by atoms with van der Waals surface area (Å²) >= 11 is 0. The Hall–Kier alpha value is -1.14. The molecule has 0 saturated heterocycles. The molecular weight excluding hydrogens is 216 g/mol. The van der Waals surface area contributed by atoms with E-state index in [4.69, 9.17) is 19.7 Å². The maximum atomic E-state index is 9.96. The summed E-state index contributed by atoms with van der Waals surface area (Å²) in [5.74, 6) is -1.82. The van der Waals surface area contributed by atoms with Crippen LogP contribution in [0.2, 0.25) is 0 Å². The van der Waals surface area contributed by atoms with E-state index in [1.165, 1.54) is 13.8 Å². The van der Waals surface area contributed by atoms with Gasteiger partial charge in [-0.15, -0.1) is 0 Å². The second-order valence-corrected chi connectivity index (χ2v) is 2.87. The number of hydrogen-bond donors (Lipinski definition) is 2. The van der Waals surface area contributed by atoms with Crippen LogP contribution in [-0.4, -0.2) is 47.6 Å². The van der Waals surface area contributed by atoms with Gasteiger partial charge in [0.2, 0.25) is 0 Å². The highest BCUT2D eigenvalue weighted by Gasteiger charge is 2.08. The molecule has 0 bridgehead atoms. The first-order valence-electron chi connectivity index (χ1n) is 5.05. The van der Waals surface area contributed by atoms with Crippen molar-refractivity contribution in [1.29, 1.82) is 0 Å². The molecule has 0 spiro atoms. The Labute approximate surface area is 95.2 Å². The zero-order valence-corrected chi connectivity index (χ0v) is 10.1. The smallest absolute Gasteiger partial charge is 0.332 e. The fraction of sp³-hybridized carbons (Fsp3) is 0.800. The molecule has 0 aromatic carbocycles. The summed E-state index contributed by atoms with van der Waals surface area (Å²) in [6, 6.07) is 0. The van der Waals surface area contributed by atoms with E-state index in [1.54, 1.807) is 13.8 Å². The minimum absolute atomic E-state index is 0.452. The monoisotopic (exact) mass is 236 g/mol. The third-order valence-electron chi connectivity index (χ3n) is 1.53. The van der Waals surface area contributed by atoms with E-state index in [9.17, 15) is 9.59 Å². The number of rotatable bonds is 6. The summed E-state index contributed by atoms with van der Waals surface area (Å²) in [6.45, 7) is 7.44. The van der Waals surface area contributed by atoms with Crippen molar-refractivity contribution in [3.8, 4) is 0 Å². The van der Waals surface area contributed by atoms with Gasteiger partial charge in [-0.25, -0.2) is 9.59 Å². The van der Waals surface area contributed by atoms with Crippen LogP contribution in [-0.2, 0) is 19.1 Å². The Bertz CT molecular complexity index is 181. The third-order valence-corrected chi connectivity index (χ3v) is 1.53. The Balaban J connectivity index is 0. The summed E-state index contributed by atoms with van der Waals surface area (Å²) in [7, 11) is 0. The normalized spacial score (nSPS) is 13.2. The molecule has 16 heavy (non-hydrogen) atoms. The molecule has 0 amide bonds. The molecule has 6 nitrogen and oxygen atoms in total. The molecule has 0 aromatic rings. The Kier molecular flexibility index (Phi) is 11.2. The van der Waals surface area contributed by atoms with Crippen molar-refractivity contribution in [2.75, 3.05) is 13.2 Å². The second-order valence-electron chi connectivity index (χ2n) is 2.87. The number of ether oxygens (including phenoxy) is 2. The fourth-order valence-electron chi connectivity index (χ4n) is 0.643. The molecule has 96 valence electrons. The summed E-state index contributed by atoms with van der Waals surface area (Å²) in [5, 5.41) is 16.4. The van der Waals surface area contributed by atoms with E-state index < -0.39 is 24.1 Å². The van der Waals surface area contributed by atoms with Crippen LogP contribution in [0.15, 0.2) is 0 Å². The SMILES string of the molecule is CCOC(C)C(=O)O.CCOC(C)C(=O)O. The number of carbonyl (C=O) groups is 2. The van der Waals surface area contributed by atoms with E-state index in [0.717, 1.165) is 0 Å². The summed E-state index contributed by atoms with van der Waals surface area (Å²) in [5.41, 5.74) is 0. The van der Waals surface area contributed by atoms with Gasteiger partial charge in [-0.2, -0.15) is 0 Å². The van der Waals surface area contributed by atoms with Crippen LogP contribution in [0.25, 0.3) is 0 Å². The average molecular weight is 236 g/mol. The van der Waals surface area contributed by atoms with E-state index in [-0.39, 0.29) is 0 Å². The van der Waals surface area contributed by atoms with Gasteiger partial charge < -0.3 is 19.7 Å². The first-order valence-corrected chi connectivity index (χ1v) is 5.05. The van der Waals surface area contributed by atoms with Crippen molar-refractivity contribution in [2.24, 2.45) is 0 Å². The van der Waals surface area contributed by atoms with Crippen molar-refractivity contribution in [3.05, 3.63) is 0 Å². The number of aliphatic carboxylic acids is 2. The van der Waals surface area contributed by atoms with Crippen LogP contribution in [0, 0.1) is 0 Å². The van der Waals surface area contributed by atoms with Gasteiger partial charge in [-0.3, -0.25) is 0 Å². The maximum absolute atomic E-state index is 9.96. The molecule has 2 N–H and O–H groups in total. The van der Waals surface area contributed by atoms with Crippen LogP contribution in [0.3, 0.4) is 0 Å². The van der Waals surface area contributed by atoms with Crippen molar-refractivity contribution in [2.45, 2.75) is 39.9 Å². The molecule has 2 unspecified atom stereocenters. The van der Waals surface area contributed by atoms with Crippen molar-refractivity contribution >= 4 is 11.9 Å². The Morgan fingerprint density at radius 3 is 1.25 bits per heavy atom. The van der Waals surface area contributed by atoms with E-state index in [0.29, 0.717) is 13.2 Å². The molecule has 0 heterocycles.